The number of carbonyl (C=O) groups excluding carboxylic acids is 2. The van der Waals surface area contributed by atoms with Crippen molar-refractivity contribution in [2.75, 3.05) is 5.32 Å². The van der Waals surface area contributed by atoms with Crippen molar-refractivity contribution >= 4 is 45.8 Å². The zero-order valence-corrected chi connectivity index (χ0v) is 18.9. The van der Waals surface area contributed by atoms with Crippen molar-refractivity contribution in [3.8, 4) is 0 Å². The van der Waals surface area contributed by atoms with Crippen LogP contribution in [0, 0.1) is 17.2 Å². The number of amides is 2. The van der Waals surface area contributed by atoms with Gasteiger partial charge in [0.05, 0.1) is 10.6 Å². The van der Waals surface area contributed by atoms with E-state index in [9.17, 15) is 14.0 Å². The highest BCUT2D eigenvalue weighted by molar-refractivity contribution is 7.17. The van der Waals surface area contributed by atoms with Crippen molar-refractivity contribution in [1.82, 2.24) is 0 Å². The van der Waals surface area contributed by atoms with Gasteiger partial charge in [0, 0.05) is 16.5 Å². The van der Waals surface area contributed by atoms with Crippen molar-refractivity contribution < 1.29 is 14.0 Å². The molecule has 1 aliphatic rings. The van der Waals surface area contributed by atoms with Crippen LogP contribution in [0.2, 0.25) is 5.02 Å². The second-order valence-electron chi connectivity index (χ2n) is 8.31. The van der Waals surface area contributed by atoms with Crippen LogP contribution in [-0.4, -0.2) is 11.8 Å². The van der Waals surface area contributed by atoms with Gasteiger partial charge in [-0.3, -0.25) is 9.59 Å². The van der Waals surface area contributed by atoms with Gasteiger partial charge in [0.1, 0.15) is 10.8 Å². The minimum absolute atomic E-state index is 0.138. The van der Waals surface area contributed by atoms with Crippen molar-refractivity contribution in [2.45, 2.75) is 46.5 Å². The maximum Gasteiger partial charge on any atom is 0.251 e. The Morgan fingerprint density at radius 2 is 2.13 bits per heavy atom. The summed E-state index contributed by atoms with van der Waals surface area (Å²) < 4.78 is 13.9. The fraction of sp³-hybridized carbons (Fsp3) is 0.391. The van der Waals surface area contributed by atoms with E-state index in [4.69, 9.17) is 17.3 Å². The number of nitrogens with two attached hydrogens (primary N) is 1. The number of thiophene rings is 1. The molecular weight excluding hydrogens is 423 g/mol. The average Bonchev–Trinajstić information content (AvgIpc) is 3.04. The minimum atomic E-state index is -0.544. The van der Waals surface area contributed by atoms with Crippen molar-refractivity contribution in [2.24, 2.45) is 17.1 Å². The van der Waals surface area contributed by atoms with Crippen LogP contribution in [0.1, 0.15) is 60.0 Å². The molecule has 1 aromatic carbocycles. The van der Waals surface area contributed by atoms with Gasteiger partial charge in [0.15, 0.2) is 0 Å². The first-order valence-corrected chi connectivity index (χ1v) is 11.2. The molecule has 0 saturated carbocycles. The lowest BCUT2D eigenvalue weighted by Gasteiger charge is -2.36. The van der Waals surface area contributed by atoms with E-state index in [1.54, 1.807) is 6.07 Å². The molecule has 2 aromatic rings. The predicted octanol–water partition coefficient (Wildman–Crippen LogP) is 5.83. The van der Waals surface area contributed by atoms with Gasteiger partial charge in [-0.05, 0) is 54.4 Å². The third-order valence-electron chi connectivity index (χ3n) is 6.17. The summed E-state index contributed by atoms with van der Waals surface area (Å²) in [6, 6.07) is 4.32. The number of benzene rings is 1. The molecule has 0 aliphatic heterocycles. The van der Waals surface area contributed by atoms with E-state index in [0.717, 1.165) is 36.1 Å². The Kier molecular flexibility index (Phi) is 6.68. The van der Waals surface area contributed by atoms with Crippen LogP contribution < -0.4 is 11.1 Å². The van der Waals surface area contributed by atoms with E-state index in [1.807, 2.05) is 0 Å². The fourth-order valence-corrected chi connectivity index (χ4v) is 5.43. The molecule has 0 spiro atoms. The van der Waals surface area contributed by atoms with Gasteiger partial charge in [-0.25, -0.2) is 4.39 Å². The number of rotatable bonds is 6. The van der Waals surface area contributed by atoms with Crippen molar-refractivity contribution in [3.63, 3.8) is 0 Å². The molecule has 0 radical (unpaired) electrons. The Balaban J connectivity index is 1.84. The number of fused-ring (bicyclic) bond motifs is 1. The van der Waals surface area contributed by atoms with Gasteiger partial charge in [0.2, 0.25) is 5.91 Å². The summed E-state index contributed by atoms with van der Waals surface area (Å²) in [5.41, 5.74) is 7.34. The summed E-state index contributed by atoms with van der Waals surface area (Å²) in [5.74, 6) is -1.01. The van der Waals surface area contributed by atoms with Gasteiger partial charge in [0.25, 0.3) is 5.91 Å². The van der Waals surface area contributed by atoms with Crippen LogP contribution in [0.15, 0.2) is 24.3 Å². The largest absolute Gasteiger partial charge is 0.365 e. The Morgan fingerprint density at radius 3 is 2.77 bits per heavy atom. The molecule has 0 fully saturated rings. The quantitative estimate of drug-likeness (QED) is 0.545. The monoisotopic (exact) mass is 448 g/mol. The van der Waals surface area contributed by atoms with Crippen LogP contribution in [-0.2, 0) is 17.6 Å². The summed E-state index contributed by atoms with van der Waals surface area (Å²) in [5, 5.41) is 3.42. The van der Waals surface area contributed by atoms with Crippen LogP contribution >= 0.6 is 22.9 Å². The normalized spacial score (nSPS) is 16.5. The van der Waals surface area contributed by atoms with Gasteiger partial charge in [-0.1, -0.05) is 44.9 Å². The van der Waals surface area contributed by atoms with E-state index in [-0.39, 0.29) is 16.0 Å². The van der Waals surface area contributed by atoms with Gasteiger partial charge < -0.3 is 11.1 Å². The molecule has 1 atom stereocenters. The average molecular weight is 449 g/mol. The standard InChI is InChI=1S/C23H26ClFN2O2S/c1-4-23(2,3)13-8-9-15-18(12-13)30-22(20(15)21(26)29)27-19(28)11-10-14-16(24)6-5-7-17(14)25/h5-7,10-11,13H,4,8-9,12H2,1-3H3,(H2,26,29)(H,27,28). The van der Waals surface area contributed by atoms with Crippen LogP contribution in [0.25, 0.3) is 6.08 Å². The molecule has 3 N–H and O–H groups in total. The first-order valence-electron chi connectivity index (χ1n) is 10.0. The van der Waals surface area contributed by atoms with Gasteiger partial charge in [-0.2, -0.15) is 0 Å². The second kappa shape index (κ2) is 8.90. The zero-order valence-electron chi connectivity index (χ0n) is 17.4. The number of hydrogen-bond acceptors (Lipinski definition) is 3. The number of nitrogens with one attached hydrogen (secondary N) is 1. The highest BCUT2D eigenvalue weighted by Crippen LogP contribution is 2.45. The SMILES string of the molecule is CCC(C)(C)C1CCc2c(sc(NC(=O)C=Cc3c(F)cccc3Cl)c2C(N)=O)C1. The second-order valence-corrected chi connectivity index (χ2v) is 9.82. The number of anilines is 1. The molecule has 0 saturated heterocycles. The van der Waals surface area contributed by atoms with Gasteiger partial charge in [-0.15, -0.1) is 11.3 Å². The van der Waals surface area contributed by atoms with E-state index in [1.165, 1.54) is 35.6 Å². The molecule has 30 heavy (non-hydrogen) atoms. The summed E-state index contributed by atoms with van der Waals surface area (Å²) in [6.07, 6.45) is 6.24. The van der Waals surface area contributed by atoms with Crippen LogP contribution in [0.3, 0.4) is 0 Å². The molecule has 0 bridgehead atoms. The topological polar surface area (TPSA) is 72.2 Å². The molecule has 2 amide bonds. The molecule has 1 unspecified atom stereocenters. The molecule has 1 aromatic heterocycles. The minimum Gasteiger partial charge on any atom is -0.365 e. The van der Waals surface area contributed by atoms with E-state index >= 15 is 0 Å². The lowest BCUT2D eigenvalue weighted by molar-refractivity contribution is -0.111. The molecular formula is C23H26ClFN2O2S. The Labute approximate surface area is 185 Å². The maximum absolute atomic E-state index is 13.9. The third-order valence-corrected chi connectivity index (χ3v) is 7.67. The van der Waals surface area contributed by atoms with Crippen molar-refractivity contribution in [3.05, 3.63) is 56.7 Å². The van der Waals surface area contributed by atoms with E-state index < -0.39 is 17.6 Å². The summed E-state index contributed by atoms with van der Waals surface area (Å²) >= 11 is 7.40. The van der Waals surface area contributed by atoms with Crippen molar-refractivity contribution in [1.29, 1.82) is 0 Å². The van der Waals surface area contributed by atoms with Crippen LogP contribution in [0.5, 0.6) is 0 Å². The summed E-state index contributed by atoms with van der Waals surface area (Å²) in [6.45, 7) is 6.73. The lowest BCUT2D eigenvalue weighted by atomic mass is 9.69. The fourth-order valence-electron chi connectivity index (χ4n) is 3.87. The van der Waals surface area contributed by atoms with Gasteiger partial charge >= 0.3 is 0 Å². The number of primary amides is 1. The molecule has 4 nitrogen and oxygen atoms in total. The number of carbonyl (C=O) groups is 2. The Hall–Kier alpha value is -2.18. The highest BCUT2D eigenvalue weighted by atomic mass is 35.5. The smallest absolute Gasteiger partial charge is 0.251 e. The van der Waals surface area contributed by atoms with E-state index in [0.29, 0.717) is 16.5 Å². The Bertz CT molecular complexity index is 993. The first-order chi connectivity index (χ1) is 14.1. The molecule has 7 heteroatoms. The molecule has 3 rings (SSSR count). The maximum atomic E-state index is 13.9. The summed E-state index contributed by atoms with van der Waals surface area (Å²) in [7, 11) is 0. The predicted molar refractivity (Wildman–Crippen MR) is 121 cm³/mol. The molecule has 1 aliphatic carbocycles. The summed E-state index contributed by atoms with van der Waals surface area (Å²) in [4.78, 5) is 25.7. The van der Waals surface area contributed by atoms with E-state index in [2.05, 4.69) is 26.1 Å². The highest BCUT2D eigenvalue weighted by Gasteiger charge is 2.34. The number of halogens is 2. The lowest BCUT2D eigenvalue weighted by Crippen LogP contribution is -2.29. The molecule has 160 valence electrons. The zero-order chi connectivity index (χ0) is 22.1. The van der Waals surface area contributed by atoms with Crippen LogP contribution in [0.4, 0.5) is 9.39 Å². The Morgan fingerprint density at radius 1 is 1.40 bits per heavy atom. The third kappa shape index (κ3) is 4.60. The molecule has 1 heterocycles. The number of hydrogen-bond donors (Lipinski definition) is 2. The first kappa shape index (κ1) is 22.5.